The predicted molar refractivity (Wildman–Crippen MR) is 86.6 cm³/mol. The van der Waals surface area contributed by atoms with Crippen molar-refractivity contribution in [2.45, 2.75) is 45.7 Å². The van der Waals surface area contributed by atoms with Gasteiger partial charge in [-0.2, -0.15) is 0 Å². The first-order valence-electron chi connectivity index (χ1n) is 7.59. The van der Waals surface area contributed by atoms with Crippen LogP contribution in [0.5, 0.6) is 0 Å². The van der Waals surface area contributed by atoms with Gasteiger partial charge in [0.25, 0.3) is 0 Å². The molecule has 1 atom stereocenters. The van der Waals surface area contributed by atoms with E-state index in [2.05, 4.69) is 41.7 Å². The highest BCUT2D eigenvalue weighted by Crippen LogP contribution is 2.26. The lowest BCUT2D eigenvalue weighted by Gasteiger charge is -2.34. The fourth-order valence-corrected chi connectivity index (χ4v) is 3.32. The highest BCUT2D eigenvalue weighted by atomic mass is 32.1. The molecule has 2 rings (SSSR count). The van der Waals surface area contributed by atoms with Crippen molar-refractivity contribution in [1.29, 1.82) is 0 Å². The van der Waals surface area contributed by atoms with Crippen LogP contribution in [-0.2, 0) is 16.8 Å². The van der Waals surface area contributed by atoms with Gasteiger partial charge in [0.05, 0.1) is 10.7 Å². The van der Waals surface area contributed by atoms with E-state index in [-0.39, 0.29) is 17.4 Å². The number of thiazole rings is 1. The lowest BCUT2D eigenvalue weighted by Crippen LogP contribution is -2.57. The number of likely N-dealkylation sites (N-methyl/N-ethyl adjacent to an activating group) is 1. The zero-order chi connectivity index (χ0) is 15.5. The fraction of sp³-hybridized carbons (Fsp3) is 0.733. The minimum Gasteiger partial charge on any atom is -0.355 e. The number of hydrogen-bond donors (Lipinski definition) is 2. The average Bonchev–Trinajstić information content (AvgIpc) is 2.88. The second kappa shape index (κ2) is 6.85. The number of piperazine rings is 1. The molecular weight excluding hydrogens is 284 g/mol. The first-order valence-corrected chi connectivity index (χ1v) is 8.47. The molecule has 1 unspecified atom stereocenters. The topological polar surface area (TPSA) is 57.3 Å². The second-order valence-corrected chi connectivity index (χ2v) is 7.34. The summed E-state index contributed by atoms with van der Waals surface area (Å²) in [6.45, 7) is 12.4. The number of nitrogens with one attached hydrogen (secondary N) is 2. The number of rotatable bonds is 4. The van der Waals surface area contributed by atoms with Crippen molar-refractivity contribution < 1.29 is 4.79 Å². The van der Waals surface area contributed by atoms with Crippen molar-refractivity contribution in [1.82, 2.24) is 20.5 Å². The van der Waals surface area contributed by atoms with E-state index in [9.17, 15) is 4.79 Å². The van der Waals surface area contributed by atoms with Crippen LogP contribution < -0.4 is 10.6 Å². The van der Waals surface area contributed by atoms with Gasteiger partial charge in [-0.1, -0.05) is 20.8 Å². The maximum Gasteiger partial charge on any atom is 0.238 e. The summed E-state index contributed by atoms with van der Waals surface area (Å²) in [5.74, 6) is 0.107. The van der Waals surface area contributed by atoms with Crippen molar-refractivity contribution in [2.24, 2.45) is 0 Å². The van der Waals surface area contributed by atoms with Gasteiger partial charge in [0.2, 0.25) is 5.91 Å². The van der Waals surface area contributed by atoms with Gasteiger partial charge in [-0.15, -0.1) is 11.3 Å². The Labute approximate surface area is 131 Å². The second-order valence-electron chi connectivity index (χ2n) is 6.48. The molecule has 0 saturated carbocycles. The van der Waals surface area contributed by atoms with E-state index in [1.54, 1.807) is 11.3 Å². The Morgan fingerprint density at radius 1 is 1.57 bits per heavy atom. The molecule has 5 nitrogen and oxygen atoms in total. The van der Waals surface area contributed by atoms with E-state index in [1.165, 1.54) is 0 Å². The van der Waals surface area contributed by atoms with E-state index in [0.717, 1.165) is 30.3 Å². The maximum absolute atomic E-state index is 12.2. The third kappa shape index (κ3) is 4.25. The molecule has 0 aliphatic carbocycles. The number of nitrogens with zero attached hydrogens (tertiary/aromatic N) is 2. The lowest BCUT2D eigenvalue weighted by atomic mass is 9.98. The van der Waals surface area contributed by atoms with Gasteiger partial charge in [0.1, 0.15) is 6.04 Å². The van der Waals surface area contributed by atoms with Gasteiger partial charge in [-0.3, -0.25) is 9.69 Å². The molecule has 1 aliphatic heterocycles. The zero-order valence-corrected chi connectivity index (χ0v) is 14.2. The summed E-state index contributed by atoms with van der Waals surface area (Å²) in [7, 11) is 0. The van der Waals surface area contributed by atoms with Gasteiger partial charge >= 0.3 is 0 Å². The SMILES string of the molecule is CCNC(=O)C1CNCCN1Cc1csc(C(C)(C)C)n1. The molecule has 1 saturated heterocycles. The minimum absolute atomic E-state index is 0.0886. The number of amides is 1. The third-order valence-corrected chi connectivity index (χ3v) is 4.88. The number of carbonyl (C=O) groups is 1. The predicted octanol–water partition coefficient (Wildman–Crippen LogP) is 1.35. The molecule has 1 aromatic heterocycles. The van der Waals surface area contributed by atoms with Gasteiger partial charge in [-0.05, 0) is 6.92 Å². The lowest BCUT2D eigenvalue weighted by molar-refractivity contribution is -0.127. The van der Waals surface area contributed by atoms with Crippen molar-refractivity contribution in [3.8, 4) is 0 Å². The fourth-order valence-electron chi connectivity index (χ4n) is 2.42. The molecule has 2 heterocycles. The summed E-state index contributed by atoms with van der Waals surface area (Å²) < 4.78 is 0. The van der Waals surface area contributed by atoms with Crippen LogP contribution >= 0.6 is 11.3 Å². The summed E-state index contributed by atoms with van der Waals surface area (Å²) in [5.41, 5.74) is 1.16. The Kier molecular flexibility index (Phi) is 5.35. The molecule has 6 heteroatoms. The Morgan fingerprint density at radius 2 is 2.33 bits per heavy atom. The molecule has 2 N–H and O–H groups in total. The maximum atomic E-state index is 12.2. The Hall–Kier alpha value is -0.980. The quantitative estimate of drug-likeness (QED) is 0.881. The highest BCUT2D eigenvalue weighted by Gasteiger charge is 2.29. The zero-order valence-electron chi connectivity index (χ0n) is 13.4. The largest absolute Gasteiger partial charge is 0.355 e. The van der Waals surface area contributed by atoms with Crippen molar-refractivity contribution in [3.63, 3.8) is 0 Å². The van der Waals surface area contributed by atoms with Crippen molar-refractivity contribution >= 4 is 17.2 Å². The number of carbonyl (C=O) groups excluding carboxylic acids is 1. The van der Waals surface area contributed by atoms with Crippen LogP contribution in [0.25, 0.3) is 0 Å². The molecule has 1 aromatic rings. The van der Waals surface area contributed by atoms with Crippen LogP contribution in [0, 0.1) is 0 Å². The smallest absolute Gasteiger partial charge is 0.238 e. The van der Waals surface area contributed by atoms with Crippen LogP contribution in [0.2, 0.25) is 0 Å². The van der Waals surface area contributed by atoms with Crippen LogP contribution in [-0.4, -0.2) is 48.0 Å². The number of hydrogen-bond acceptors (Lipinski definition) is 5. The molecular formula is C15H26N4OS. The minimum atomic E-state index is -0.0986. The van der Waals surface area contributed by atoms with E-state index in [0.29, 0.717) is 13.1 Å². The Morgan fingerprint density at radius 3 is 2.95 bits per heavy atom. The Balaban J connectivity index is 2.05. The molecule has 1 fully saturated rings. The van der Waals surface area contributed by atoms with Crippen LogP contribution in [0.1, 0.15) is 38.4 Å². The average molecular weight is 310 g/mol. The summed E-state index contributed by atoms with van der Waals surface area (Å²) in [5, 5.41) is 9.50. The van der Waals surface area contributed by atoms with Gasteiger partial charge < -0.3 is 10.6 Å². The standard InChI is InChI=1S/C15H26N4OS/c1-5-17-13(20)12-8-16-6-7-19(12)9-11-10-21-14(18-11)15(2,3)4/h10,12,16H,5-9H2,1-4H3,(H,17,20). The Bertz CT molecular complexity index is 480. The summed E-state index contributed by atoms with van der Waals surface area (Å²) in [4.78, 5) is 19.1. The molecule has 0 radical (unpaired) electrons. The van der Waals surface area contributed by atoms with Gasteiger partial charge in [-0.25, -0.2) is 4.98 Å². The van der Waals surface area contributed by atoms with Crippen LogP contribution in [0.4, 0.5) is 0 Å². The molecule has 1 amide bonds. The first-order chi connectivity index (χ1) is 9.91. The molecule has 21 heavy (non-hydrogen) atoms. The van der Waals surface area contributed by atoms with Crippen LogP contribution in [0.15, 0.2) is 5.38 Å². The number of aromatic nitrogens is 1. The first kappa shape index (κ1) is 16.4. The van der Waals surface area contributed by atoms with E-state index >= 15 is 0 Å². The third-order valence-electron chi connectivity index (χ3n) is 3.57. The monoisotopic (exact) mass is 310 g/mol. The van der Waals surface area contributed by atoms with Gasteiger partial charge in [0, 0.05) is 43.5 Å². The molecule has 118 valence electrons. The van der Waals surface area contributed by atoms with E-state index < -0.39 is 0 Å². The van der Waals surface area contributed by atoms with Crippen molar-refractivity contribution in [3.05, 3.63) is 16.1 Å². The van der Waals surface area contributed by atoms with Crippen molar-refractivity contribution in [2.75, 3.05) is 26.2 Å². The summed E-state index contributed by atoms with van der Waals surface area (Å²) in [6.07, 6.45) is 0. The van der Waals surface area contributed by atoms with E-state index in [1.807, 2.05) is 6.92 Å². The van der Waals surface area contributed by atoms with E-state index in [4.69, 9.17) is 4.98 Å². The summed E-state index contributed by atoms with van der Waals surface area (Å²) in [6, 6.07) is -0.0986. The summed E-state index contributed by atoms with van der Waals surface area (Å²) >= 11 is 1.71. The molecule has 0 aromatic carbocycles. The normalized spacial score (nSPS) is 20.5. The highest BCUT2D eigenvalue weighted by molar-refractivity contribution is 7.09. The molecule has 1 aliphatic rings. The van der Waals surface area contributed by atoms with Gasteiger partial charge in [0.15, 0.2) is 0 Å². The molecule has 0 spiro atoms. The molecule has 0 bridgehead atoms. The van der Waals surface area contributed by atoms with Crippen LogP contribution in [0.3, 0.4) is 0 Å².